The monoisotopic (exact) mass is 489 g/mol. The van der Waals surface area contributed by atoms with Crippen molar-refractivity contribution in [1.29, 1.82) is 0 Å². The maximum absolute atomic E-state index is 14.7. The maximum atomic E-state index is 14.7. The van der Waals surface area contributed by atoms with Crippen molar-refractivity contribution in [3.8, 4) is 17.2 Å². The van der Waals surface area contributed by atoms with E-state index in [4.69, 9.17) is 4.74 Å². The van der Waals surface area contributed by atoms with E-state index in [0.717, 1.165) is 11.8 Å². The summed E-state index contributed by atoms with van der Waals surface area (Å²) < 4.78 is 21.7. The normalized spacial score (nSPS) is 13.1. The average Bonchev–Trinajstić information content (AvgIpc) is 3.35. The van der Waals surface area contributed by atoms with Gasteiger partial charge in [-0.25, -0.2) is 18.9 Å². The minimum absolute atomic E-state index is 0.0682. The number of aromatic nitrogens is 4. The van der Waals surface area contributed by atoms with Gasteiger partial charge in [-0.1, -0.05) is 23.4 Å². The van der Waals surface area contributed by atoms with Crippen LogP contribution in [0.1, 0.15) is 10.5 Å². The van der Waals surface area contributed by atoms with E-state index in [1.807, 2.05) is 30.3 Å². The molecule has 12 heteroatoms. The fraction of sp³-hybridized carbons (Fsp3) is 0.125. The fourth-order valence-electron chi connectivity index (χ4n) is 3.41. The number of halogens is 1. The van der Waals surface area contributed by atoms with E-state index in [0.29, 0.717) is 0 Å². The van der Waals surface area contributed by atoms with E-state index in [-0.39, 0.29) is 41.8 Å². The number of rotatable bonds is 6. The van der Waals surface area contributed by atoms with Crippen molar-refractivity contribution in [2.75, 3.05) is 23.7 Å². The highest BCUT2D eigenvalue weighted by Crippen LogP contribution is 2.28. The fourth-order valence-corrected chi connectivity index (χ4v) is 3.41. The second-order valence-corrected chi connectivity index (χ2v) is 7.95. The lowest BCUT2D eigenvalue weighted by Crippen LogP contribution is -2.54. The molecule has 182 valence electrons. The Kier molecular flexibility index (Phi) is 6.24. The number of urea groups is 1. The summed E-state index contributed by atoms with van der Waals surface area (Å²) >= 11 is 0. The first-order chi connectivity index (χ1) is 17.4. The number of benzene rings is 2. The van der Waals surface area contributed by atoms with Crippen LogP contribution in [0.4, 0.5) is 20.7 Å². The standard InChI is InChI=1S/C24H20FN7O4/c25-19-10-15(27-23(34)20-14-32(30-29-20)16-4-2-1-3-5-16)6-7-21(19)36-18-8-9-26-22(11-18)28-24(35)31-12-17(33)13-31/h1-11,14,17,33H,12-13H2,(H,27,34)(H,26,28,35). The number of carbonyl (C=O) groups excluding carboxylic acids is 2. The summed E-state index contributed by atoms with van der Waals surface area (Å²) in [5.74, 6) is -0.881. The number of aliphatic hydroxyl groups excluding tert-OH is 1. The Bertz CT molecular complexity index is 1410. The van der Waals surface area contributed by atoms with Gasteiger partial charge in [0.15, 0.2) is 17.3 Å². The molecule has 4 aromatic rings. The van der Waals surface area contributed by atoms with Crippen LogP contribution in [-0.4, -0.2) is 61.1 Å². The van der Waals surface area contributed by atoms with Crippen molar-refractivity contribution in [2.24, 2.45) is 0 Å². The van der Waals surface area contributed by atoms with Crippen molar-refractivity contribution >= 4 is 23.4 Å². The van der Waals surface area contributed by atoms with E-state index in [1.165, 1.54) is 46.2 Å². The number of para-hydroxylation sites is 1. The lowest BCUT2D eigenvalue weighted by atomic mass is 10.2. The number of hydrogen-bond acceptors (Lipinski definition) is 7. The summed E-state index contributed by atoms with van der Waals surface area (Å²) in [7, 11) is 0. The molecule has 0 aliphatic carbocycles. The molecule has 3 heterocycles. The molecule has 5 rings (SSSR count). The van der Waals surface area contributed by atoms with Gasteiger partial charge < -0.3 is 20.1 Å². The maximum Gasteiger partial charge on any atom is 0.323 e. The number of nitrogens with one attached hydrogen (secondary N) is 2. The molecule has 0 saturated carbocycles. The smallest absolute Gasteiger partial charge is 0.323 e. The lowest BCUT2D eigenvalue weighted by Gasteiger charge is -2.35. The minimum Gasteiger partial charge on any atom is -0.454 e. The van der Waals surface area contributed by atoms with Gasteiger partial charge in [0.25, 0.3) is 5.91 Å². The molecule has 1 aliphatic heterocycles. The number of anilines is 2. The van der Waals surface area contributed by atoms with Crippen molar-refractivity contribution in [1.82, 2.24) is 24.9 Å². The first kappa shape index (κ1) is 22.9. The number of amides is 3. The molecular formula is C24H20FN7O4. The van der Waals surface area contributed by atoms with Gasteiger partial charge in [-0.05, 0) is 30.3 Å². The van der Waals surface area contributed by atoms with Crippen molar-refractivity contribution in [3.05, 3.63) is 84.6 Å². The van der Waals surface area contributed by atoms with Crippen molar-refractivity contribution in [2.45, 2.75) is 6.10 Å². The summed E-state index contributed by atoms with van der Waals surface area (Å²) in [4.78, 5) is 30.1. The number of carbonyl (C=O) groups is 2. The first-order valence-electron chi connectivity index (χ1n) is 10.9. The van der Waals surface area contributed by atoms with Gasteiger partial charge in [-0.15, -0.1) is 5.10 Å². The third-order valence-corrected chi connectivity index (χ3v) is 5.28. The summed E-state index contributed by atoms with van der Waals surface area (Å²) in [5, 5.41) is 22.3. The summed E-state index contributed by atoms with van der Waals surface area (Å²) in [6, 6.07) is 15.7. The molecule has 36 heavy (non-hydrogen) atoms. The highest BCUT2D eigenvalue weighted by atomic mass is 19.1. The van der Waals surface area contributed by atoms with Crippen LogP contribution in [0.15, 0.2) is 73.1 Å². The predicted octanol–water partition coefficient (Wildman–Crippen LogP) is 3.05. The Morgan fingerprint density at radius 1 is 1.06 bits per heavy atom. The summed E-state index contributed by atoms with van der Waals surface area (Å²) in [6.45, 7) is 0.503. The van der Waals surface area contributed by atoms with Crippen LogP contribution in [0.2, 0.25) is 0 Å². The number of aliphatic hydroxyl groups is 1. The molecule has 2 aromatic carbocycles. The van der Waals surface area contributed by atoms with Crippen LogP contribution < -0.4 is 15.4 Å². The Morgan fingerprint density at radius 2 is 1.86 bits per heavy atom. The van der Waals surface area contributed by atoms with Gasteiger partial charge in [0.05, 0.1) is 31.1 Å². The van der Waals surface area contributed by atoms with Crippen LogP contribution in [0.5, 0.6) is 11.5 Å². The van der Waals surface area contributed by atoms with Crippen LogP contribution in [0, 0.1) is 5.82 Å². The molecule has 3 N–H and O–H groups in total. The number of likely N-dealkylation sites (tertiary alicyclic amines) is 1. The van der Waals surface area contributed by atoms with Gasteiger partial charge >= 0.3 is 6.03 Å². The second-order valence-electron chi connectivity index (χ2n) is 7.95. The molecule has 2 aromatic heterocycles. The first-order valence-corrected chi connectivity index (χ1v) is 10.9. The zero-order valence-electron chi connectivity index (χ0n) is 18.7. The summed E-state index contributed by atoms with van der Waals surface area (Å²) in [6.07, 6.45) is 2.37. The zero-order chi connectivity index (χ0) is 25.1. The molecule has 0 spiro atoms. The number of pyridine rings is 1. The van der Waals surface area contributed by atoms with Gasteiger partial charge in [0.2, 0.25) is 0 Å². The lowest BCUT2D eigenvalue weighted by molar-refractivity contribution is 0.0308. The molecule has 3 amide bonds. The molecule has 0 radical (unpaired) electrons. The quantitative estimate of drug-likeness (QED) is 0.379. The Hall–Kier alpha value is -4.84. The van der Waals surface area contributed by atoms with Crippen LogP contribution in [-0.2, 0) is 0 Å². The average molecular weight is 489 g/mol. The predicted molar refractivity (Wildman–Crippen MR) is 127 cm³/mol. The van der Waals surface area contributed by atoms with E-state index >= 15 is 0 Å². The van der Waals surface area contributed by atoms with Gasteiger partial charge in [-0.3, -0.25) is 10.1 Å². The molecule has 0 bridgehead atoms. The highest BCUT2D eigenvalue weighted by Gasteiger charge is 2.29. The molecule has 1 aliphatic rings. The van der Waals surface area contributed by atoms with Crippen LogP contribution in [0.25, 0.3) is 5.69 Å². The van der Waals surface area contributed by atoms with E-state index in [2.05, 4.69) is 25.9 Å². The Labute approximate surface area is 204 Å². The third kappa shape index (κ3) is 5.13. The van der Waals surface area contributed by atoms with E-state index in [9.17, 15) is 19.1 Å². The number of β-amino-alcohol motifs (C(OH)–C–C–N with tert-alkyl or cyclic N) is 1. The number of hydrogen-bond donors (Lipinski definition) is 3. The molecule has 0 atom stereocenters. The Morgan fingerprint density at radius 3 is 2.61 bits per heavy atom. The molecule has 0 unspecified atom stereocenters. The second kappa shape index (κ2) is 9.80. The molecular weight excluding hydrogens is 469 g/mol. The molecule has 1 fully saturated rings. The van der Waals surface area contributed by atoms with Crippen molar-refractivity contribution < 1.29 is 23.8 Å². The number of nitrogens with zero attached hydrogens (tertiary/aromatic N) is 5. The van der Waals surface area contributed by atoms with E-state index < -0.39 is 23.9 Å². The van der Waals surface area contributed by atoms with Crippen LogP contribution in [0.3, 0.4) is 0 Å². The molecule has 11 nitrogen and oxygen atoms in total. The van der Waals surface area contributed by atoms with E-state index in [1.54, 1.807) is 0 Å². The minimum atomic E-state index is -0.710. The van der Waals surface area contributed by atoms with Crippen molar-refractivity contribution in [3.63, 3.8) is 0 Å². The van der Waals surface area contributed by atoms with Gasteiger partial charge in [0, 0.05) is 24.0 Å². The van der Waals surface area contributed by atoms with Crippen LogP contribution >= 0.6 is 0 Å². The van der Waals surface area contributed by atoms with Gasteiger partial charge in [0.1, 0.15) is 11.6 Å². The summed E-state index contributed by atoms with van der Waals surface area (Å²) in [5.41, 5.74) is 1.02. The van der Waals surface area contributed by atoms with Gasteiger partial charge in [-0.2, -0.15) is 0 Å². The highest BCUT2D eigenvalue weighted by molar-refractivity contribution is 6.02. The SMILES string of the molecule is O=C(Nc1ccc(Oc2ccnc(NC(=O)N3CC(O)C3)c2)c(F)c1)c1cn(-c2ccccc2)nn1. The zero-order valence-corrected chi connectivity index (χ0v) is 18.7. The number of ether oxygens (including phenoxy) is 1. The molecule has 1 saturated heterocycles. The largest absolute Gasteiger partial charge is 0.454 e. The topological polar surface area (TPSA) is 134 Å². The Balaban J connectivity index is 1.22. The third-order valence-electron chi connectivity index (χ3n) is 5.28.